The molecule has 55 heavy (non-hydrogen) atoms. The van der Waals surface area contributed by atoms with E-state index in [9.17, 15) is 27.6 Å². The molecule has 0 aromatic heterocycles. The van der Waals surface area contributed by atoms with Crippen molar-refractivity contribution in [2.45, 2.75) is 180 Å². The van der Waals surface area contributed by atoms with E-state index in [0.29, 0.717) is 32.2 Å². The minimum absolute atomic E-state index is 0.00792. The zero-order valence-corrected chi connectivity index (χ0v) is 35.2. The Morgan fingerprint density at radius 1 is 0.782 bits per heavy atom. The molecule has 6 saturated carbocycles. The fourth-order valence-corrected chi connectivity index (χ4v) is 12.7. The summed E-state index contributed by atoms with van der Waals surface area (Å²) < 4.78 is 28.1. The van der Waals surface area contributed by atoms with Crippen molar-refractivity contribution in [1.29, 1.82) is 0 Å². The van der Waals surface area contributed by atoms with Crippen molar-refractivity contribution in [1.82, 2.24) is 30.9 Å². The molecule has 1 aliphatic heterocycles. The normalized spacial score (nSPS) is 32.2. The van der Waals surface area contributed by atoms with Crippen LogP contribution in [0.3, 0.4) is 0 Å². The maximum atomic E-state index is 15.1. The number of hydrogen-bond acceptors (Lipinski definition) is 7. The van der Waals surface area contributed by atoms with E-state index in [1.54, 1.807) is 4.90 Å². The summed E-state index contributed by atoms with van der Waals surface area (Å²) in [5.74, 6) is -1.88. The number of rotatable bonds is 11. The highest BCUT2D eigenvalue weighted by atomic mass is 32.2. The molecule has 1 saturated heterocycles. The summed E-state index contributed by atoms with van der Waals surface area (Å²) in [7, 11) is -3.83. The standard InChI is InChI=1S/C41H66N6O7S/c1-36(2,3)30(43-32(49)29(25-13-10-9-11-14-25)42-35(52)45-37(4,5)6)33(50)47-23-40(38(7,8)39(40)19-12-20-39)22-28(47)31(48)44-41(21-27(41)24-15-16-24)34(51)46-55(53,54)26-17-18-26/h24-30H,9-23H2,1-8H3,(H,43,49)(H,44,48)(H,46,51)(H2,42,45,52)/t27-,28-,29-,30+,40+,41?/m0/s1. The molecule has 0 aromatic rings. The SMILES string of the molecule is CC(C)(C)NC(=O)N[C@H](C(=O)N[C@H](C(=O)N1C[C@]2(C[C@H]1C(=O)NC1(C(=O)NS(=O)(=O)C3CC3)C[C@H]1C1CC1)C(C)(C)C21CCC1)C(C)(C)C)C1CCCCC1. The monoisotopic (exact) mass is 786 g/mol. The number of urea groups is 1. The van der Waals surface area contributed by atoms with Crippen LogP contribution in [0.4, 0.5) is 4.79 Å². The number of nitrogens with zero attached hydrogens (tertiary/aromatic N) is 1. The number of hydrogen-bond donors (Lipinski definition) is 5. The summed E-state index contributed by atoms with van der Waals surface area (Å²) in [5.41, 5.74) is -3.01. The van der Waals surface area contributed by atoms with Gasteiger partial charge in [-0.3, -0.25) is 23.9 Å². The lowest BCUT2D eigenvalue weighted by molar-refractivity contribution is -0.145. The maximum absolute atomic E-state index is 15.1. The van der Waals surface area contributed by atoms with Gasteiger partial charge in [0.25, 0.3) is 5.91 Å². The first-order chi connectivity index (χ1) is 25.5. The summed E-state index contributed by atoms with van der Waals surface area (Å²) in [6.45, 7) is 16.1. The molecule has 7 rings (SSSR count). The molecule has 5 N–H and O–H groups in total. The predicted octanol–water partition coefficient (Wildman–Crippen LogP) is 4.25. The van der Waals surface area contributed by atoms with Crippen molar-refractivity contribution < 1.29 is 32.4 Å². The number of sulfonamides is 1. The summed E-state index contributed by atoms with van der Waals surface area (Å²) in [4.78, 5) is 72.9. The van der Waals surface area contributed by atoms with Gasteiger partial charge in [0.05, 0.1) is 5.25 Å². The first-order valence-corrected chi connectivity index (χ1v) is 22.6. The summed E-state index contributed by atoms with van der Waals surface area (Å²) in [6, 6.07) is -3.19. The Morgan fingerprint density at radius 3 is 1.93 bits per heavy atom. The van der Waals surface area contributed by atoms with Gasteiger partial charge >= 0.3 is 6.03 Å². The van der Waals surface area contributed by atoms with E-state index >= 15 is 4.79 Å². The van der Waals surface area contributed by atoms with Gasteiger partial charge in [-0.05, 0) is 119 Å². The summed E-state index contributed by atoms with van der Waals surface area (Å²) in [6.07, 6.45) is 11.4. The van der Waals surface area contributed by atoms with Crippen molar-refractivity contribution in [3.8, 4) is 0 Å². The second-order valence-electron chi connectivity index (χ2n) is 21.1. The van der Waals surface area contributed by atoms with Gasteiger partial charge in [-0.15, -0.1) is 0 Å². The molecule has 7 aliphatic rings. The fraction of sp³-hybridized carbons (Fsp3) is 0.878. The van der Waals surface area contributed by atoms with Crippen LogP contribution in [0.15, 0.2) is 0 Å². The van der Waals surface area contributed by atoms with Crippen molar-refractivity contribution in [2.75, 3.05) is 6.54 Å². The average molecular weight is 787 g/mol. The molecule has 13 nitrogen and oxygen atoms in total. The number of amides is 6. The smallest absolute Gasteiger partial charge is 0.315 e. The molecule has 6 amide bonds. The number of fused-ring (bicyclic) bond motifs is 1. The van der Waals surface area contributed by atoms with Crippen LogP contribution in [-0.4, -0.2) is 84.0 Å². The quantitative estimate of drug-likeness (QED) is 0.208. The Kier molecular flexibility index (Phi) is 9.77. The Labute approximate surface area is 327 Å². The van der Waals surface area contributed by atoms with Crippen molar-refractivity contribution in [2.24, 2.45) is 39.4 Å². The molecule has 2 spiro atoms. The molecule has 1 heterocycles. The van der Waals surface area contributed by atoms with Crippen molar-refractivity contribution in [3.05, 3.63) is 0 Å². The van der Waals surface area contributed by atoms with Gasteiger partial charge in [-0.1, -0.05) is 60.3 Å². The number of carbonyl (C=O) groups excluding carboxylic acids is 5. The molecule has 7 fully saturated rings. The predicted molar refractivity (Wildman–Crippen MR) is 208 cm³/mol. The second-order valence-corrected chi connectivity index (χ2v) is 23.1. The Balaban J connectivity index is 1.16. The highest BCUT2D eigenvalue weighted by Crippen LogP contribution is 2.88. The van der Waals surface area contributed by atoms with Gasteiger partial charge in [0.15, 0.2) is 0 Å². The lowest BCUT2D eigenvalue weighted by Crippen LogP contribution is -2.63. The average Bonchev–Trinajstić information content (AvgIpc) is 3.89. The number of likely N-dealkylation sites (tertiary alicyclic amines) is 1. The van der Waals surface area contributed by atoms with E-state index in [1.165, 1.54) is 0 Å². The van der Waals surface area contributed by atoms with Crippen molar-refractivity contribution >= 4 is 39.7 Å². The molecular formula is C41H66N6O7S. The molecule has 14 heteroatoms. The zero-order valence-electron chi connectivity index (χ0n) is 34.4. The van der Waals surface area contributed by atoms with Crippen molar-refractivity contribution in [3.63, 3.8) is 0 Å². The van der Waals surface area contributed by atoms with Crippen LogP contribution in [0.1, 0.15) is 145 Å². The van der Waals surface area contributed by atoms with Crippen LogP contribution in [0.5, 0.6) is 0 Å². The molecule has 6 aliphatic carbocycles. The van der Waals surface area contributed by atoms with Gasteiger partial charge < -0.3 is 26.2 Å². The molecule has 1 unspecified atom stereocenters. The maximum Gasteiger partial charge on any atom is 0.315 e. The molecular weight excluding hydrogens is 721 g/mol. The van der Waals surface area contributed by atoms with Crippen LogP contribution in [-0.2, 0) is 29.2 Å². The van der Waals surface area contributed by atoms with E-state index in [0.717, 1.165) is 64.2 Å². The van der Waals surface area contributed by atoms with Gasteiger partial charge in [0, 0.05) is 17.5 Å². The van der Waals surface area contributed by atoms with Crippen LogP contribution in [0, 0.1) is 39.4 Å². The minimum atomic E-state index is -3.83. The Morgan fingerprint density at radius 2 is 1.42 bits per heavy atom. The first-order valence-electron chi connectivity index (χ1n) is 21.1. The van der Waals surface area contributed by atoms with E-state index in [2.05, 4.69) is 39.8 Å². The molecule has 0 radical (unpaired) electrons. The number of nitrogens with one attached hydrogen (secondary N) is 5. The van der Waals surface area contributed by atoms with Crippen LogP contribution in [0.2, 0.25) is 0 Å². The van der Waals surface area contributed by atoms with E-state index in [4.69, 9.17) is 0 Å². The van der Waals surface area contributed by atoms with Gasteiger partial charge in [-0.2, -0.15) is 0 Å². The van der Waals surface area contributed by atoms with Gasteiger partial charge in [0.1, 0.15) is 23.7 Å². The molecule has 0 aromatic carbocycles. The second kappa shape index (κ2) is 13.3. The van der Waals surface area contributed by atoms with E-state index in [-0.39, 0.29) is 39.9 Å². The summed E-state index contributed by atoms with van der Waals surface area (Å²) >= 11 is 0. The molecule has 6 atom stereocenters. The minimum Gasteiger partial charge on any atom is -0.342 e. The largest absolute Gasteiger partial charge is 0.342 e. The molecule has 0 bridgehead atoms. The lowest BCUT2D eigenvalue weighted by Gasteiger charge is -2.38. The van der Waals surface area contributed by atoms with Gasteiger partial charge in [-0.25, -0.2) is 13.2 Å². The highest BCUT2D eigenvalue weighted by Gasteiger charge is 2.85. The number of carbonyl (C=O) groups is 5. The highest BCUT2D eigenvalue weighted by molar-refractivity contribution is 7.91. The fourth-order valence-electron chi connectivity index (χ4n) is 11.3. The van der Waals surface area contributed by atoms with Gasteiger partial charge in [0.2, 0.25) is 27.7 Å². The third-order valence-electron chi connectivity index (χ3n) is 15.1. The lowest BCUT2D eigenvalue weighted by atomic mass is 9.73. The van der Waals surface area contributed by atoms with Crippen LogP contribution in [0.25, 0.3) is 0 Å². The summed E-state index contributed by atoms with van der Waals surface area (Å²) in [5, 5.41) is 11.4. The first kappa shape index (κ1) is 40.3. The van der Waals surface area contributed by atoms with Crippen LogP contribution < -0.4 is 26.0 Å². The van der Waals surface area contributed by atoms with E-state index in [1.807, 2.05) is 41.5 Å². The topological polar surface area (TPSA) is 183 Å². The zero-order chi connectivity index (χ0) is 40.1. The van der Waals surface area contributed by atoms with E-state index < -0.39 is 73.6 Å². The Bertz CT molecular complexity index is 1720. The molecule has 308 valence electrons. The Hall–Kier alpha value is -2.90. The third-order valence-corrected chi connectivity index (χ3v) is 17.0. The third kappa shape index (κ3) is 7.06. The van der Waals surface area contributed by atoms with Crippen LogP contribution >= 0.6 is 0 Å².